The van der Waals surface area contributed by atoms with E-state index in [4.69, 9.17) is 9.40 Å². The van der Waals surface area contributed by atoms with E-state index in [-0.39, 0.29) is 5.41 Å². The number of nitriles is 1. The summed E-state index contributed by atoms with van der Waals surface area (Å²) < 4.78 is 8.70. The maximum absolute atomic E-state index is 9.49. The zero-order chi connectivity index (χ0) is 28.9. The molecule has 8 aromatic rings. The largest absolute Gasteiger partial charge is 0.454 e. The molecule has 0 spiro atoms. The van der Waals surface area contributed by atoms with Gasteiger partial charge >= 0.3 is 0 Å². The van der Waals surface area contributed by atoms with Crippen LogP contribution in [-0.2, 0) is 5.41 Å². The third-order valence-corrected chi connectivity index (χ3v) is 9.22. The molecule has 0 fully saturated rings. The van der Waals surface area contributed by atoms with Gasteiger partial charge in [-0.3, -0.25) is 4.57 Å². The minimum atomic E-state index is -0.210. The van der Waals surface area contributed by atoms with E-state index in [9.17, 15) is 5.26 Å². The Balaban J connectivity index is 1.48. The molecule has 0 N–H and O–H groups in total. The summed E-state index contributed by atoms with van der Waals surface area (Å²) in [5.41, 5.74) is 12.2. The van der Waals surface area contributed by atoms with Crippen molar-refractivity contribution in [3.05, 3.63) is 132 Å². The molecule has 0 atom stereocenters. The Kier molecular flexibility index (Phi) is 4.71. The van der Waals surface area contributed by atoms with Gasteiger partial charge in [0.1, 0.15) is 16.9 Å². The Morgan fingerprint density at radius 3 is 2.28 bits per heavy atom. The van der Waals surface area contributed by atoms with Gasteiger partial charge in [0.2, 0.25) is 0 Å². The molecule has 1 aliphatic carbocycles. The fourth-order valence-corrected chi connectivity index (χ4v) is 7.27. The van der Waals surface area contributed by atoms with Crippen LogP contribution in [0.5, 0.6) is 0 Å². The highest BCUT2D eigenvalue weighted by Gasteiger charge is 2.38. The fraction of sp³-hybridized carbons (Fsp3) is 0.0769. The van der Waals surface area contributed by atoms with Crippen LogP contribution in [0.1, 0.15) is 30.5 Å². The summed E-state index contributed by atoms with van der Waals surface area (Å²) in [4.78, 5) is 5.45. The summed E-state index contributed by atoms with van der Waals surface area (Å²) in [6.45, 7) is 4.67. The summed E-state index contributed by atoms with van der Waals surface area (Å²) in [7, 11) is 0. The van der Waals surface area contributed by atoms with Crippen LogP contribution >= 0.6 is 0 Å². The van der Waals surface area contributed by atoms with Gasteiger partial charge < -0.3 is 4.42 Å². The van der Waals surface area contributed by atoms with E-state index >= 15 is 0 Å². The smallest absolute Gasteiger partial charge is 0.154 e. The van der Waals surface area contributed by atoms with E-state index in [0.29, 0.717) is 5.56 Å². The first-order chi connectivity index (χ1) is 21.0. The number of benzene rings is 5. The quantitative estimate of drug-likeness (QED) is 0.215. The van der Waals surface area contributed by atoms with Crippen molar-refractivity contribution in [1.29, 1.82) is 5.26 Å². The molecule has 9 rings (SSSR count). The van der Waals surface area contributed by atoms with Crippen LogP contribution in [0, 0.1) is 11.3 Å². The first-order valence-corrected chi connectivity index (χ1v) is 14.5. The van der Waals surface area contributed by atoms with Crippen molar-refractivity contribution in [1.82, 2.24) is 9.55 Å². The molecule has 5 aromatic carbocycles. The molecule has 0 aliphatic heterocycles. The summed E-state index contributed by atoms with van der Waals surface area (Å²) in [6.07, 6.45) is 0. The van der Waals surface area contributed by atoms with Gasteiger partial charge in [-0.05, 0) is 64.2 Å². The number of pyridine rings is 1. The molecule has 0 unspecified atom stereocenters. The van der Waals surface area contributed by atoms with E-state index in [2.05, 4.69) is 97.3 Å². The predicted octanol–water partition coefficient (Wildman–Crippen LogP) is 9.92. The van der Waals surface area contributed by atoms with Crippen LogP contribution in [0.15, 0.2) is 120 Å². The average molecular weight is 552 g/mol. The third kappa shape index (κ3) is 3.17. The minimum absolute atomic E-state index is 0.210. The van der Waals surface area contributed by atoms with Crippen LogP contribution in [-0.4, -0.2) is 9.55 Å². The summed E-state index contributed by atoms with van der Waals surface area (Å²) in [6, 6.07) is 42.2. The van der Waals surface area contributed by atoms with E-state index < -0.39 is 0 Å². The number of nitrogens with zero attached hydrogens (tertiary/aromatic N) is 3. The first kappa shape index (κ1) is 24.0. The lowest BCUT2D eigenvalue weighted by molar-refractivity contribution is 0.663. The third-order valence-electron chi connectivity index (χ3n) is 9.22. The SMILES string of the molecule is CC1(C)c2ccccc2-c2ccc3c4ccccc4n(-c4nc5c(cc4-c4ccc(C#N)cc4)oc4ccccc45)c3c21. The fourth-order valence-electron chi connectivity index (χ4n) is 7.27. The molecule has 202 valence electrons. The number of furan rings is 1. The number of hydrogen-bond acceptors (Lipinski definition) is 3. The molecule has 43 heavy (non-hydrogen) atoms. The highest BCUT2D eigenvalue weighted by Crippen LogP contribution is 2.53. The zero-order valence-corrected chi connectivity index (χ0v) is 23.7. The van der Waals surface area contributed by atoms with Crippen LogP contribution in [0.2, 0.25) is 0 Å². The van der Waals surface area contributed by atoms with E-state index in [1.54, 1.807) is 0 Å². The molecule has 0 bridgehead atoms. The van der Waals surface area contributed by atoms with Crippen LogP contribution < -0.4 is 0 Å². The topological polar surface area (TPSA) is 54.8 Å². The van der Waals surface area contributed by atoms with Crippen molar-refractivity contribution in [3.8, 4) is 34.1 Å². The van der Waals surface area contributed by atoms with Crippen molar-refractivity contribution in [2.24, 2.45) is 0 Å². The monoisotopic (exact) mass is 551 g/mol. The Bertz CT molecular complexity index is 2490. The molecule has 4 nitrogen and oxygen atoms in total. The molecule has 0 amide bonds. The highest BCUT2D eigenvalue weighted by molar-refractivity contribution is 6.14. The summed E-state index contributed by atoms with van der Waals surface area (Å²) in [5, 5.41) is 12.9. The van der Waals surface area contributed by atoms with Gasteiger partial charge in [-0.25, -0.2) is 4.98 Å². The lowest BCUT2D eigenvalue weighted by Gasteiger charge is -2.24. The van der Waals surface area contributed by atoms with Crippen molar-refractivity contribution >= 4 is 43.9 Å². The lowest BCUT2D eigenvalue weighted by atomic mass is 9.81. The van der Waals surface area contributed by atoms with Gasteiger partial charge in [0.05, 0.1) is 22.7 Å². The maximum Gasteiger partial charge on any atom is 0.154 e. The average Bonchev–Trinajstić information content (AvgIpc) is 3.66. The zero-order valence-electron chi connectivity index (χ0n) is 23.7. The molecular weight excluding hydrogens is 526 g/mol. The first-order valence-electron chi connectivity index (χ1n) is 14.5. The maximum atomic E-state index is 9.49. The lowest BCUT2D eigenvalue weighted by Crippen LogP contribution is -2.16. The molecule has 0 saturated heterocycles. The highest BCUT2D eigenvalue weighted by atomic mass is 16.3. The van der Waals surface area contributed by atoms with Gasteiger partial charge in [0, 0.05) is 27.1 Å². The molecule has 0 saturated carbocycles. The van der Waals surface area contributed by atoms with E-state index in [1.165, 1.54) is 38.5 Å². The molecule has 1 aliphatic rings. The molecule has 3 aromatic heterocycles. The van der Waals surface area contributed by atoms with E-state index in [0.717, 1.165) is 44.5 Å². The molecule has 4 heteroatoms. The Labute approximate surface area is 248 Å². The second-order valence-electron chi connectivity index (χ2n) is 11.9. The molecular formula is C39H25N3O. The van der Waals surface area contributed by atoms with Crippen molar-refractivity contribution in [2.45, 2.75) is 19.3 Å². The Morgan fingerprint density at radius 2 is 1.44 bits per heavy atom. The van der Waals surface area contributed by atoms with Crippen LogP contribution in [0.25, 0.3) is 71.9 Å². The van der Waals surface area contributed by atoms with Gasteiger partial charge in [-0.1, -0.05) is 92.7 Å². The molecule has 3 heterocycles. The Morgan fingerprint density at radius 1 is 0.698 bits per heavy atom. The number of rotatable bonds is 2. The number of para-hydroxylation sites is 2. The number of hydrogen-bond donors (Lipinski definition) is 0. The second-order valence-corrected chi connectivity index (χ2v) is 11.9. The Hall–Kier alpha value is -5.66. The minimum Gasteiger partial charge on any atom is -0.454 e. The van der Waals surface area contributed by atoms with Gasteiger partial charge in [0.25, 0.3) is 0 Å². The van der Waals surface area contributed by atoms with Gasteiger partial charge in [-0.15, -0.1) is 0 Å². The van der Waals surface area contributed by atoms with E-state index in [1.807, 2.05) is 42.5 Å². The molecule has 0 radical (unpaired) electrons. The van der Waals surface area contributed by atoms with Crippen molar-refractivity contribution in [2.75, 3.05) is 0 Å². The second kappa shape index (κ2) is 8.44. The van der Waals surface area contributed by atoms with Crippen molar-refractivity contribution in [3.63, 3.8) is 0 Å². The van der Waals surface area contributed by atoms with Crippen LogP contribution in [0.3, 0.4) is 0 Å². The predicted molar refractivity (Wildman–Crippen MR) is 174 cm³/mol. The number of fused-ring (bicyclic) bond motifs is 10. The normalized spacial score (nSPS) is 13.5. The summed E-state index contributed by atoms with van der Waals surface area (Å²) in [5.74, 6) is 0.843. The van der Waals surface area contributed by atoms with Crippen molar-refractivity contribution < 1.29 is 4.42 Å². The van der Waals surface area contributed by atoms with Gasteiger partial charge in [0.15, 0.2) is 5.58 Å². The summed E-state index contributed by atoms with van der Waals surface area (Å²) >= 11 is 0. The van der Waals surface area contributed by atoms with Gasteiger partial charge in [-0.2, -0.15) is 5.26 Å². The number of aromatic nitrogens is 2. The van der Waals surface area contributed by atoms with Crippen LogP contribution in [0.4, 0.5) is 0 Å². The standard InChI is InChI=1S/C39H25N3O/c1-39(2)31-12-6-3-9-25(31)27-19-20-28-26-10-4-7-13-32(26)42(37(28)35(27)39)38-30(24-17-15-23(22-40)16-18-24)21-34-36(41-38)29-11-5-8-14-33(29)43-34/h3-21H,1-2H3.